The van der Waals surface area contributed by atoms with Gasteiger partial charge < -0.3 is 10.2 Å². The van der Waals surface area contributed by atoms with Crippen LogP contribution in [0.15, 0.2) is 51.3 Å². The first-order valence-corrected chi connectivity index (χ1v) is 11.9. The molecule has 1 N–H and O–H groups in total. The molecule has 6 nitrogen and oxygen atoms in total. The van der Waals surface area contributed by atoms with Gasteiger partial charge in [0.1, 0.15) is 10.0 Å². The van der Waals surface area contributed by atoms with Gasteiger partial charge in [0.2, 0.25) is 9.84 Å². The summed E-state index contributed by atoms with van der Waals surface area (Å²) in [5.41, 5.74) is 0.668. The quantitative estimate of drug-likeness (QED) is 0.619. The molecule has 0 bridgehead atoms. The summed E-state index contributed by atoms with van der Waals surface area (Å²) < 4.78 is 27.5. The van der Waals surface area contributed by atoms with Crippen LogP contribution in [-0.2, 0) is 21.1 Å². The monoisotopic (exact) mass is 479 g/mol. The molecule has 0 aliphatic carbocycles. The minimum Gasteiger partial charge on any atom is -0.354 e. The van der Waals surface area contributed by atoms with Crippen molar-refractivity contribution < 1.29 is 13.2 Å². The number of pyridine rings is 1. The predicted octanol–water partition coefficient (Wildman–Crippen LogP) is 3.01. The number of piperazine rings is 1. The van der Waals surface area contributed by atoms with Crippen molar-refractivity contribution in [3.05, 3.63) is 52.6 Å². The predicted molar refractivity (Wildman–Crippen MR) is 115 cm³/mol. The van der Waals surface area contributed by atoms with Crippen LogP contribution in [0, 0.1) is 0 Å². The van der Waals surface area contributed by atoms with E-state index in [0.717, 1.165) is 57.9 Å². The summed E-state index contributed by atoms with van der Waals surface area (Å²) in [7, 11) is -4.05. The van der Waals surface area contributed by atoms with E-state index in [9.17, 15) is 13.2 Å². The van der Waals surface area contributed by atoms with E-state index in [1.54, 1.807) is 42.6 Å². The fourth-order valence-corrected chi connectivity index (χ4v) is 6.05. The standard InChI is InChI=1S/C19H18BrN3O3S2/c20-14-3-1-13(2-4-14)11-17(24)28(25,26)18-12-15-16(27-18)5-6-22-19(15)23-9-7-21-8-10-23/h1-6,12,21H,7-11H2. The molecule has 0 unspecified atom stereocenters. The van der Waals surface area contributed by atoms with E-state index in [0.29, 0.717) is 5.56 Å². The van der Waals surface area contributed by atoms with E-state index in [4.69, 9.17) is 0 Å². The first-order valence-electron chi connectivity index (χ1n) is 8.82. The second-order valence-corrected chi connectivity index (χ2v) is 10.7. The number of benzene rings is 1. The van der Waals surface area contributed by atoms with Crippen LogP contribution in [0.2, 0.25) is 0 Å². The van der Waals surface area contributed by atoms with Crippen molar-refractivity contribution in [2.24, 2.45) is 0 Å². The van der Waals surface area contributed by atoms with Crippen LogP contribution in [-0.4, -0.2) is 44.7 Å². The molecular formula is C19H18BrN3O3S2. The van der Waals surface area contributed by atoms with Crippen molar-refractivity contribution in [3.63, 3.8) is 0 Å². The number of sulfone groups is 1. The topological polar surface area (TPSA) is 79.4 Å². The van der Waals surface area contributed by atoms with Crippen LogP contribution >= 0.6 is 27.3 Å². The summed E-state index contributed by atoms with van der Waals surface area (Å²) in [6, 6.07) is 10.5. The number of nitrogens with zero attached hydrogens (tertiary/aromatic N) is 2. The Labute approximate surface area is 175 Å². The molecule has 1 saturated heterocycles. The summed E-state index contributed by atoms with van der Waals surface area (Å²) in [5, 5.41) is 3.28. The number of fused-ring (bicyclic) bond motifs is 1. The van der Waals surface area contributed by atoms with E-state index >= 15 is 0 Å². The highest BCUT2D eigenvalue weighted by molar-refractivity contribution is 9.10. The Kier molecular flexibility index (Phi) is 5.50. The fraction of sp³-hybridized carbons (Fsp3) is 0.263. The van der Waals surface area contributed by atoms with Gasteiger partial charge in [0.25, 0.3) is 5.12 Å². The van der Waals surface area contributed by atoms with Gasteiger partial charge in [0, 0.05) is 53.4 Å². The molecule has 0 saturated carbocycles. The lowest BCUT2D eigenvalue weighted by atomic mass is 10.2. The molecule has 1 aliphatic heterocycles. The molecule has 0 radical (unpaired) electrons. The normalized spacial score (nSPS) is 15.1. The number of carbonyl (C=O) groups is 1. The van der Waals surface area contributed by atoms with Gasteiger partial charge in [-0.2, -0.15) is 0 Å². The van der Waals surface area contributed by atoms with Gasteiger partial charge in [0.15, 0.2) is 0 Å². The number of thiophene rings is 1. The summed E-state index contributed by atoms with van der Waals surface area (Å²) in [6.45, 7) is 3.34. The second-order valence-electron chi connectivity index (χ2n) is 6.53. The lowest BCUT2D eigenvalue weighted by molar-refractivity contribution is -0.111. The van der Waals surface area contributed by atoms with Crippen molar-refractivity contribution in [1.82, 2.24) is 10.3 Å². The largest absolute Gasteiger partial charge is 0.354 e. The summed E-state index contributed by atoms with van der Waals surface area (Å²) in [6.07, 6.45) is 1.54. The number of halogens is 1. The Balaban J connectivity index is 1.65. The van der Waals surface area contributed by atoms with Crippen LogP contribution < -0.4 is 10.2 Å². The molecule has 0 spiro atoms. The van der Waals surface area contributed by atoms with E-state index in [1.807, 2.05) is 0 Å². The SMILES string of the molecule is O=C(Cc1ccc(Br)cc1)S(=O)(=O)c1cc2c(N3CCNCC3)nccc2s1. The number of aromatic nitrogens is 1. The molecule has 1 fully saturated rings. The van der Waals surface area contributed by atoms with Gasteiger partial charge >= 0.3 is 0 Å². The number of hydrogen-bond donors (Lipinski definition) is 1. The third-order valence-corrected chi connectivity index (χ3v) is 8.37. The van der Waals surface area contributed by atoms with Crippen LogP contribution in [0.3, 0.4) is 0 Å². The van der Waals surface area contributed by atoms with Crippen molar-refractivity contribution in [1.29, 1.82) is 0 Å². The number of anilines is 1. The molecule has 9 heteroatoms. The summed E-state index contributed by atoms with van der Waals surface area (Å²) in [4.78, 5) is 19.2. The third kappa shape index (κ3) is 3.84. The summed E-state index contributed by atoms with van der Waals surface area (Å²) >= 11 is 4.46. The van der Waals surface area contributed by atoms with Crippen LogP contribution in [0.5, 0.6) is 0 Å². The van der Waals surface area contributed by atoms with Crippen molar-refractivity contribution in [3.8, 4) is 0 Å². The first kappa shape index (κ1) is 19.5. The van der Waals surface area contributed by atoms with Gasteiger partial charge in [-0.15, -0.1) is 11.3 Å². The Morgan fingerprint density at radius 3 is 2.61 bits per heavy atom. The first-order chi connectivity index (χ1) is 13.4. The van der Waals surface area contributed by atoms with E-state index in [2.05, 4.69) is 31.1 Å². The molecule has 146 valence electrons. The van der Waals surface area contributed by atoms with Gasteiger partial charge in [0.05, 0.1) is 0 Å². The third-order valence-electron chi connectivity index (χ3n) is 4.64. The number of nitrogens with one attached hydrogen (secondary N) is 1. The maximum atomic E-state index is 12.9. The average Bonchev–Trinajstić information content (AvgIpc) is 3.15. The molecule has 4 rings (SSSR count). The van der Waals surface area contributed by atoms with E-state index in [-0.39, 0.29) is 10.6 Å². The number of rotatable bonds is 4. The molecular weight excluding hydrogens is 462 g/mol. The molecule has 0 amide bonds. The Morgan fingerprint density at radius 2 is 1.89 bits per heavy atom. The molecule has 3 heterocycles. The lowest BCUT2D eigenvalue weighted by Gasteiger charge is -2.28. The van der Waals surface area contributed by atoms with Gasteiger partial charge in [-0.05, 0) is 29.8 Å². The molecule has 2 aromatic heterocycles. The van der Waals surface area contributed by atoms with Crippen molar-refractivity contribution in [2.45, 2.75) is 10.6 Å². The van der Waals surface area contributed by atoms with Gasteiger partial charge in [-0.25, -0.2) is 13.4 Å². The Hall–Kier alpha value is -1.81. The van der Waals surface area contributed by atoms with Gasteiger partial charge in [-0.3, -0.25) is 4.79 Å². The average molecular weight is 480 g/mol. The highest BCUT2D eigenvalue weighted by Crippen LogP contribution is 2.35. The minimum absolute atomic E-state index is 0.0778. The highest BCUT2D eigenvalue weighted by Gasteiger charge is 2.28. The maximum absolute atomic E-state index is 12.9. The number of carbonyl (C=O) groups excluding carboxylic acids is 1. The van der Waals surface area contributed by atoms with Crippen molar-refractivity contribution >= 4 is 58.1 Å². The Bertz CT molecular complexity index is 1120. The molecule has 1 aromatic carbocycles. The smallest absolute Gasteiger partial charge is 0.256 e. The van der Waals surface area contributed by atoms with E-state index < -0.39 is 15.0 Å². The second kappa shape index (κ2) is 7.90. The lowest BCUT2D eigenvalue weighted by Crippen LogP contribution is -2.43. The van der Waals surface area contributed by atoms with Crippen LogP contribution in [0.1, 0.15) is 5.56 Å². The van der Waals surface area contributed by atoms with Crippen LogP contribution in [0.25, 0.3) is 10.1 Å². The zero-order chi connectivity index (χ0) is 19.7. The highest BCUT2D eigenvalue weighted by atomic mass is 79.9. The van der Waals surface area contributed by atoms with E-state index in [1.165, 1.54) is 0 Å². The Morgan fingerprint density at radius 1 is 1.18 bits per heavy atom. The van der Waals surface area contributed by atoms with Gasteiger partial charge in [-0.1, -0.05) is 28.1 Å². The molecule has 28 heavy (non-hydrogen) atoms. The number of hydrogen-bond acceptors (Lipinski definition) is 7. The van der Waals surface area contributed by atoms with Crippen molar-refractivity contribution in [2.75, 3.05) is 31.1 Å². The zero-order valence-electron chi connectivity index (χ0n) is 14.9. The molecule has 1 aliphatic rings. The minimum atomic E-state index is -4.05. The zero-order valence-corrected chi connectivity index (χ0v) is 18.1. The molecule has 3 aromatic rings. The molecule has 0 atom stereocenters. The van der Waals surface area contributed by atoms with Crippen LogP contribution in [0.4, 0.5) is 5.82 Å². The summed E-state index contributed by atoms with van der Waals surface area (Å²) in [5.74, 6) is 0.775. The maximum Gasteiger partial charge on any atom is 0.256 e. The fourth-order valence-electron chi connectivity index (χ4n) is 3.16.